The van der Waals surface area contributed by atoms with Gasteiger partial charge in [-0.25, -0.2) is 0 Å². The van der Waals surface area contributed by atoms with Crippen molar-refractivity contribution in [3.05, 3.63) is 56.4 Å². The Kier molecular flexibility index (Phi) is 12.6. The Morgan fingerprint density at radius 3 is 1.25 bits per heavy atom. The van der Waals surface area contributed by atoms with Gasteiger partial charge in [0.2, 0.25) is 0 Å². The molecule has 0 amide bonds. The van der Waals surface area contributed by atoms with Gasteiger partial charge in [-0.05, 0) is 0 Å². The number of Topliss-reactive ketones (excluding diaryl/α,β-unsaturated/α-hetero) is 2. The van der Waals surface area contributed by atoms with Crippen LogP contribution in [0, 0.1) is 10.8 Å². The SMILES string of the molecule is CCC(CC)(CC(=O)c1cc2cc(CCCCc3cc4cc(C(=O)CC(CC)(CC)C(=O)O)[se]c4cc3OC)c(OC)cc2[se]1)C(=O)O. The van der Waals surface area contributed by atoms with Crippen molar-refractivity contribution in [3.63, 3.8) is 0 Å². The number of carboxylic acids is 2. The average molecular weight is 789 g/mol. The van der Waals surface area contributed by atoms with Gasteiger partial charge in [-0.15, -0.1) is 0 Å². The van der Waals surface area contributed by atoms with E-state index >= 15 is 0 Å². The van der Waals surface area contributed by atoms with E-state index in [1.54, 1.807) is 14.2 Å². The molecule has 4 rings (SSSR count). The number of aliphatic carboxylic acids is 2. The molecule has 48 heavy (non-hydrogen) atoms. The maximum absolute atomic E-state index is 13.2. The van der Waals surface area contributed by atoms with E-state index in [0.29, 0.717) is 34.6 Å². The van der Waals surface area contributed by atoms with Crippen LogP contribution in [-0.4, -0.2) is 76.9 Å². The molecule has 0 fully saturated rings. The molecule has 0 unspecified atom stereocenters. The van der Waals surface area contributed by atoms with Crippen molar-refractivity contribution in [2.45, 2.75) is 91.9 Å². The molecule has 0 aliphatic carbocycles. The fourth-order valence-electron chi connectivity index (χ4n) is 6.45. The summed E-state index contributed by atoms with van der Waals surface area (Å²) in [5.74, 6) is -0.375. The molecule has 0 bridgehead atoms. The summed E-state index contributed by atoms with van der Waals surface area (Å²) in [6.07, 6.45) is 5.09. The first-order chi connectivity index (χ1) is 22.9. The summed E-state index contributed by atoms with van der Waals surface area (Å²) >= 11 is -0.390. The van der Waals surface area contributed by atoms with Crippen molar-refractivity contribution in [2.24, 2.45) is 10.8 Å². The summed E-state index contributed by atoms with van der Waals surface area (Å²) in [6.45, 7) is 7.32. The summed E-state index contributed by atoms with van der Waals surface area (Å²) < 4.78 is 15.1. The number of methoxy groups -OCH3 is 2. The van der Waals surface area contributed by atoms with Crippen LogP contribution in [0.4, 0.5) is 0 Å². The molecule has 2 aromatic carbocycles. The summed E-state index contributed by atoms with van der Waals surface area (Å²) in [4.78, 5) is 50.4. The van der Waals surface area contributed by atoms with E-state index in [2.05, 4.69) is 12.1 Å². The van der Waals surface area contributed by atoms with Gasteiger partial charge in [-0.2, -0.15) is 0 Å². The second kappa shape index (κ2) is 16.0. The van der Waals surface area contributed by atoms with Crippen molar-refractivity contribution >= 4 is 71.8 Å². The molecule has 0 spiro atoms. The molecule has 4 aromatic rings. The third kappa shape index (κ3) is 7.83. The number of hydrogen-bond donors (Lipinski definition) is 2. The number of aryl methyl sites for hydroxylation is 2. The third-order valence-electron chi connectivity index (χ3n) is 10.1. The Hall–Kier alpha value is -3.16. The third-order valence-corrected chi connectivity index (χ3v) is 14.9. The molecule has 0 saturated carbocycles. The van der Waals surface area contributed by atoms with Gasteiger partial charge in [0.25, 0.3) is 0 Å². The number of carboxylic acid groups (broad SMARTS) is 2. The number of carbonyl (C=O) groups is 4. The van der Waals surface area contributed by atoms with E-state index in [9.17, 15) is 29.4 Å². The second-order valence-electron chi connectivity index (χ2n) is 12.6. The molecule has 0 atom stereocenters. The van der Waals surface area contributed by atoms with Crippen molar-refractivity contribution in [2.75, 3.05) is 14.2 Å². The topological polar surface area (TPSA) is 127 Å². The molecule has 10 heteroatoms. The summed E-state index contributed by atoms with van der Waals surface area (Å²) in [6, 6.07) is 12.2. The maximum atomic E-state index is 13.2. The van der Waals surface area contributed by atoms with Crippen molar-refractivity contribution in [1.29, 1.82) is 0 Å². The molecule has 0 saturated heterocycles. The van der Waals surface area contributed by atoms with Gasteiger partial charge in [-0.3, -0.25) is 0 Å². The van der Waals surface area contributed by atoms with Crippen molar-refractivity contribution in [3.8, 4) is 11.5 Å². The van der Waals surface area contributed by atoms with E-state index in [0.717, 1.165) is 67.6 Å². The zero-order valence-electron chi connectivity index (χ0n) is 28.7. The van der Waals surface area contributed by atoms with E-state index < -0.39 is 22.8 Å². The molecular weight excluding hydrogens is 742 g/mol. The number of unbranched alkanes of at least 4 members (excludes halogenated alkanes) is 1. The van der Waals surface area contributed by atoms with Gasteiger partial charge >= 0.3 is 296 Å². The first-order valence-electron chi connectivity index (χ1n) is 16.6. The molecule has 0 radical (unpaired) electrons. The van der Waals surface area contributed by atoms with E-state index in [1.165, 1.54) is 0 Å². The minimum absolute atomic E-state index is 0.0184. The predicted molar refractivity (Wildman–Crippen MR) is 191 cm³/mol. The van der Waals surface area contributed by atoms with E-state index in [4.69, 9.17) is 9.47 Å². The number of fused-ring (bicyclic) bond motifs is 2. The van der Waals surface area contributed by atoms with E-state index in [-0.39, 0.29) is 53.4 Å². The molecule has 258 valence electrons. The zero-order chi connectivity index (χ0) is 35.2. The average Bonchev–Trinajstić information content (AvgIpc) is 3.70. The summed E-state index contributed by atoms with van der Waals surface area (Å²) in [5.41, 5.74) is 0.0978. The van der Waals surface area contributed by atoms with Crippen LogP contribution in [0.1, 0.15) is 109 Å². The molecule has 2 aromatic heterocycles. The van der Waals surface area contributed by atoms with Gasteiger partial charge in [0.1, 0.15) is 0 Å². The van der Waals surface area contributed by atoms with Crippen LogP contribution in [0.2, 0.25) is 0 Å². The van der Waals surface area contributed by atoms with Gasteiger partial charge in [0.05, 0.1) is 0 Å². The van der Waals surface area contributed by atoms with Crippen LogP contribution in [0.25, 0.3) is 19.3 Å². The Balaban J connectivity index is 1.46. The number of ether oxygens (including phenoxy) is 2. The fourth-order valence-corrected chi connectivity index (χ4v) is 10.7. The number of hydrogen-bond acceptors (Lipinski definition) is 6. The van der Waals surface area contributed by atoms with Crippen LogP contribution < -0.4 is 9.47 Å². The first kappa shape index (κ1) is 37.7. The standard InChI is InChI=1S/C38H46O8Se2/c1-7-37(8-2,35(41)42)21-27(39)33-17-25-15-23(29(45-5)19-31(25)47-33)13-11-12-14-24-16-26-18-34(48-32(26)20-30(24)46-6)28(40)22-38(9-3,10-4)36(43)44/h15-20H,7-14,21-22H2,1-6H3,(H,41,42)(H,43,44). The van der Waals surface area contributed by atoms with E-state index in [1.807, 2.05) is 52.0 Å². The quantitative estimate of drug-likeness (QED) is 0.0565. The van der Waals surface area contributed by atoms with Crippen LogP contribution in [0.15, 0.2) is 36.4 Å². The van der Waals surface area contributed by atoms with Crippen LogP contribution >= 0.6 is 0 Å². The Morgan fingerprint density at radius 2 is 0.958 bits per heavy atom. The normalized spacial score (nSPS) is 12.0. The summed E-state index contributed by atoms with van der Waals surface area (Å²) in [5, 5.41) is 21.7. The number of rotatable bonds is 19. The minimum atomic E-state index is -1.03. The van der Waals surface area contributed by atoms with Crippen LogP contribution in [-0.2, 0) is 22.4 Å². The molecule has 0 aliphatic heterocycles. The van der Waals surface area contributed by atoms with Gasteiger partial charge in [0, 0.05) is 0 Å². The van der Waals surface area contributed by atoms with Gasteiger partial charge < -0.3 is 0 Å². The van der Waals surface area contributed by atoms with Crippen LogP contribution in [0.3, 0.4) is 0 Å². The Labute approximate surface area is 294 Å². The molecule has 0 aliphatic rings. The number of carbonyl (C=O) groups excluding carboxylic acids is 2. The second-order valence-corrected chi connectivity index (χ2v) is 17.2. The number of benzene rings is 2. The van der Waals surface area contributed by atoms with Crippen LogP contribution in [0.5, 0.6) is 11.5 Å². The predicted octanol–water partition coefficient (Wildman–Crippen LogP) is 7.62. The Morgan fingerprint density at radius 1 is 0.604 bits per heavy atom. The van der Waals surface area contributed by atoms with Gasteiger partial charge in [0.15, 0.2) is 0 Å². The van der Waals surface area contributed by atoms with Crippen molar-refractivity contribution in [1.82, 2.24) is 0 Å². The Bertz CT molecular complexity index is 1670. The van der Waals surface area contributed by atoms with Gasteiger partial charge in [-0.1, -0.05) is 0 Å². The zero-order valence-corrected chi connectivity index (χ0v) is 32.1. The molecule has 2 heterocycles. The molecule has 8 nitrogen and oxygen atoms in total. The monoisotopic (exact) mass is 790 g/mol. The number of ketones is 2. The molecule has 2 N–H and O–H groups in total. The fraction of sp³-hybridized carbons (Fsp3) is 0.474. The van der Waals surface area contributed by atoms with Crippen molar-refractivity contribution < 1.29 is 38.9 Å². The first-order valence-corrected chi connectivity index (χ1v) is 20.1. The molecular formula is C38H46O8Se2. The summed E-state index contributed by atoms with van der Waals surface area (Å²) in [7, 11) is 3.32.